The summed E-state index contributed by atoms with van der Waals surface area (Å²) in [4.78, 5) is 14.2. The first kappa shape index (κ1) is 13.5. The second-order valence-corrected chi connectivity index (χ2v) is 5.73. The fraction of sp³-hybridized carbons (Fsp3) is 0.533. The summed E-state index contributed by atoms with van der Waals surface area (Å²) in [6.45, 7) is 4.21. The SMILES string of the molecule is C[C@@H]1CN(C(=O)[C@H]2C[C@@H]2c2cccc(F)c2F)CCN1. The lowest BCUT2D eigenvalue weighted by molar-refractivity contribution is -0.133. The third-order valence-electron chi connectivity index (χ3n) is 4.17. The summed E-state index contributed by atoms with van der Waals surface area (Å²) in [6.07, 6.45) is 0.623. The van der Waals surface area contributed by atoms with Crippen molar-refractivity contribution < 1.29 is 13.6 Å². The largest absolute Gasteiger partial charge is 0.340 e. The molecule has 1 saturated heterocycles. The minimum atomic E-state index is -0.837. The summed E-state index contributed by atoms with van der Waals surface area (Å²) in [7, 11) is 0. The van der Waals surface area contributed by atoms with Crippen molar-refractivity contribution in [2.75, 3.05) is 19.6 Å². The normalized spacial score (nSPS) is 29.4. The van der Waals surface area contributed by atoms with Gasteiger partial charge in [-0.3, -0.25) is 4.79 Å². The van der Waals surface area contributed by atoms with Crippen LogP contribution in [-0.2, 0) is 4.79 Å². The molecule has 3 atom stereocenters. The minimum absolute atomic E-state index is 0.0759. The number of benzene rings is 1. The number of hydrogen-bond acceptors (Lipinski definition) is 2. The third kappa shape index (κ3) is 2.42. The molecule has 1 N–H and O–H groups in total. The van der Waals surface area contributed by atoms with Gasteiger partial charge in [0.05, 0.1) is 0 Å². The summed E-state index contributed by atoms with van der Waals surface area (Å²) < 4.78 is 26.9. The highest BCUT2D eigenvalue weighted by Gasteiger charge is 2.47. The second kappa shape index (κ2) is 5.13. The van der Waals surface area contributed by atoms with Gasteiger partial charge in [-0.2, -0.15) is 0 Å². The lowest BCUT2D eigenvalue weighted by atomic mass is 10.1. The van der Waals surface area contributed by atoms with Gasteiger partial charge in [-0.25, -0.2) is 8.78 Å². The third-order valence-corrected chi connectivity index (χ3v) is 4.17. The number of nitrogens with one attached hydrogen (secondary N) is 1. The van der Waals surface area contributed by atoms with E-state index in [4.69, 9.17) is 0 Å². The van der Waals surface area contributed by atoms with Crippen LogP contribution in [0.1, 0.15) is 24.8 Å². The zero-order valence-electron chi connectivity index (χ0n) is 11.4. The fourth-order valence-corrected chi connectivity index (χ4v) is 2.99. The molecule has 5 heteroatoms. The number of halogens is 2. The molecule has 1 aliphatic heterocycles. The van der Waals surface area contributed by atoms with Gasteiger partial charge in [0.1, 0.15) is 0 Å². The Balaban J connectivity index is 1.69. The van der Waals surface area contributed by atoms with Crippen LogP contribution in [0.5, 0.6) is 0 Å². The van der Waals surface area contributed by atoms with Gasteiger partial charge in [0.15, 0.2) is 11.6 Å². The Morgan fingerprint density at radius 3 is 2.95 bits per heavy atom. The van der Waals surface area contributed by atoms with E-state index in [0.29, 0.717) is 25.1 Å². The lowest BCUT2D eigenvalue weighted by Gasteiger charge is -2.32. The molecule has 108 valence electrons. The predicted octanol–water partition coefficient (Wildman–Crippen LogP) is 1.89. The van der Waals surface area contributed by atoms with Crippen molar-refractivity contribution >= 4 is 5.91 Å². The van der Waals surface area contributed by atoms with Crippen LogP contribution in [0, 0.1) is 17.6 Å². The Bertz CT molecular complexity index is 535. The standard InChI is InChI=1S/C15H18F2N2O/c1-9-8-19(6-5-18-9)15(20)12-7-11(12)10-3-2-4-13(16)14(10)17/h2-4,9,11-12,18H,5-8H2,1H3/t9-,11-,12+/m1/s1. The first-order valence-corrected chi connectivity index (χ1v) is 7.04. The van der Waals surface area contributed by atoms with Crippen LogP contribution >= 0.6 is 0 Å². The van der Waals surface area contributed by atoms with Crippen molar-refractivity contribution in [3.8, 4) is 0 Å². The zero-order chi connectivity index (χ0) is 14.3. The molecule has 0 bridgehead atoms. The Morgan fingerprint density at radius 2 is 2.20 bits per heavy atom. The average molecular weight is 280 g/mol. The van der Waals surface area contributed by atoms with Crippen molar-refractivity contribution in [1.82, 2.24) is 10.2 Å². The van der Waals surface area contributed by atoms with Crippen LogP contribution < -0.4 is 5.32 Å². The van der Waals surface area contributed by atoms with Crippen LogP contribution in [0.15, 0.2) is 18.2 Å². The summed E-state index contributed by atoms with van der Waals surface area (Å²) in [5.41, 5.74) is 0.339. The molecule has 0 radical (unpaired) electrons. The van der Waals surface area contributed by atoms with Crippen molar-refractivity contribution in [2.24, 2.45) is 5.92 Å². The molecule has 2 aliphatic rings. The number of rotatable bonds is 2. The number of hydrogen-bond donors (Lipinski definition) is 1. The molecule has 1 aromatic carbocycles. The molecule has 0 spiro atoms. The Kier molecular flexibility index (Phi) is 3.46. The van der Waals surface area contributed by atoms with Gasteiger partial charge in [-0.1, -0.05) is 12.1 Å². The van der Waals surface area contributed by atoms with E-state index in [1.807, 2.05) is 11.8 Å². The molecule has 0 aromatic heterocycles. The average Bonchev–Trinajstić information content (AvgIpc) is 3.21. The molecule has 1 aromatic rings. The highest BCUT2D eigenvalue weighted by Crippen LogP contribution is 2.49. The fourth-order valence-electron chi connectivity index (χ4n) is 2.99. The minimum Gasteiger partial charge on any atom is -0.340 e. The van der Waals surface area contributed by atoms with E-state index in [0.717, 1.165) is 12.6 Å². The van der Waals surface area contributed by atoms with E-state index in [2.05, 4.69) is 5.32 Å². The molecule has 1 aliphatic carbocycles. The molecule has 1 amide bonds. The van der Waals surface area contributed by atoms with E-state index in [9.17, 15) is 13.6 Å². The molecule has 3 rings (SSSR count). The van der Waals surface area contributed by atoms with Crippen LogP contribution in [0.2, 0.25) is 0 Å². The van der Waals surface area contributed by atoms with Crippen LogP contribution in [0.25, 0.3) is 0 Å². The highest BCUT2D eigenvalue weighted by atomic mass is 19.2. The second-order valence-electron chi connectivity index (χ2n) is 5.73. The van der Waals surface area contributed by atoms with Crippen LogP contribution in [0.3, 0.4) is 0 Å². The molecule has 2 fully saturated rings. The summed E-state index contributed by atoms with van der Waals surface area (Å²) in [5.74, 6) is -1.91. The number of piperazine rings is 1. The van der Waals surface area contributed by atoms with Gasteiger partial charge in [-0.15, -0.1) is 0 Å². The Morgan fingerprint density at radius 1 is 1.40 bits per heavy atom. The maximum absolute atomic E-state index is 13.7. The van der Waals surface area contributed by atoms with Crippen LogP contribution in [-0.4, -0.2) is 36.5 Å². The monoisotopic (exact) mass is 280 g/mol. The van der Waals surface area contributed by atoms with Gasteiger partial charge < -0.3 is 10.2 Å². The first-order valence-electron chi connectivity index (χ1n) is 7.04. The smallest absolute Gasteiger partial charge is 0.226 e. The predicted molar refractivity (Wildman–Crippen MR) is 71.3 cm³/mol. The molecule has 0 unspecified atom stereocenters. The number of nitrogens with zero attached hydrogens (tertiary/aromatic N) is 1. The molecule has 1 heterocycles. The van der Waals surface area contributed by atoms with Gasteiger partial charge in [0.25, 0.3) is 0 Å². The maximum atomic E-state index is 13.7. The molecular weight excluding hydrogens is 262 g/mol. The van der Waals surface area contributed by atoms with E-state index in [1.54, 1.807) is 6.07 Å². The van der Waals surface area contributed by atoms with Gasteiger partial charge in [0.2, 0.25) is 5.91 Å². The highest BCUT2D eigenvalue weighted by molar-refractivity contribution is 5.83. The van der Waals surface area contributed by atoms with Crippen molar-refractivity contribution in [3.63, 3.8) is 0 Å². The van der Waals surface area contributed by atoms with E-state index < -0.39 is 11.6 Å². The summed E-state index contributed by atoms with van der Waals surface area (Å²) in [5, 5.41) is 3.28. The molecule has 3 nitrogen and oxygen atoms in total. The first-order chi connectivity index (χ1) is 9.58. The number of amides is 1. The van der Waals surface area contributed by atoms with E-state index in [1.165, 1.54) is 6.07 Å². The Labute approximate surface area is 117 Å². The van der Waals surface area contributed by atoms with Crippen LogP contribution in [0.4, 0.5) is 8.78 Å². The summed E-state index contributed by atoms with van der Waals surface area (Å²) >= 11 is 0. The molecule has 1 saturated carbocycles. The maximum Gasteiger partial charge on any atom is 0.226 e. The number of carbonyl (C=O) groups excluding carboxylic acids is 1. The Hall–Kier alpha value is -1.49. The van der Waals surface area contributed by atoms with Gasteiger partial charge >= 0.3 is 0 Å². The molecule has 20 heavy (non-hydrogen) atoms. The van der Waals surface area contributed by atoms with E-state index in [-0.39, 0.29) is 23.8 Å². The lowest BCUT2D eigenvalue weighted by Crippen LogP contribution is -2.51. The number of carbonyl (C=O) groups is 1. The van der Waals surface area contributed by atoms with Crippen molar-refractivity contribution in [1.29, 1.82) is 0 Å². The van der Waals surface area contributed by atoms with Gasteiger partial charge in [-0.05, 0) is 30.9 Å². The van der Waals surface area contributed by atoms with Crippen molar-refractivity contribution in [3.05, 3.63) is 35.4 Å². The van der Waals surface area contributed by atoms with E-state index >= 15 is 0 Å². The zero-order valence-corrected chi connectivity index (χ0v) is 11.4. The van der Waals surface area contributed by atoms with Gasteiger partial charge in [0, 0.05) is 31.6 Å². The topological polar surface area (TPSA) is 32.3 Å². The quantitative estimate of drug-likeness (QED) is 0.897. The van der Waals surface area contributed by atoms with Crippen molar-refractivity contribution in [2.45, 2.75) is 25.3 Å². The summed E-state index contributed by atoms with van der Waals surface area (Å²) in [6, 6.07) is 4.48. The molecular formula is C15H18F2N2O.